The molecule has 0 atom stereocenters. The third-order valence-electron chi connectivity index (χ3n) is 3.50. The Labute approximate surface area is 114 Å². The predicted octanol–water partition coefficient (Wildman–Crippen LogP) is 1.79. The normalized spacial score (nSPS) is 15.3. The lowest BCUT2D eigenvalue weighted by atomic mass is 10.1. The van der Waals surface area contributed by atoms with Crippen LogP contribution in [0.1, 0.15) is 31.2 Å². The molecule has 1 saturated heterocycles. The predicted molar refractivity (Wildman–Crippen MR) is 76.9 cm³/mol. The minimum atomic E-state index is 0.229. The summed E-state index contributed by atoms with van der Waals surface area (Å²) in [5.41, 5.74) is 7.50. The van der Waals surface area contributed by atoms with Crippen LogP contribution in [0.4, 0.5) is 11.5 Å². The van der Waals surface area contributed by atoms with Gasteiger partial charge in [-0.1, -0.05) is 0 Å². The lowest BCUT2D eigenvalue weighted by molar-refractivity contribution is -0.131. The molecular formula is C14H22N4O. The van der Waals surface area contributed by atoms with Crippen molar-refractivity contribution in [1.82, 2.24) is 9.88 Å². The summed E-state index contributed by atoms with van der Waals surface area (Å²) in [4.78, 5) is 18.1. The lowest BCUT2D eigenvalue weighted by Gasteiger charge is -2.26. The number of carbonyl (C=O) groups is 1. The van der Waals surface area contributed by atoms with E-state index in [0.29, 0.717) is 13.0 Å². The average Bonchev–Trinajstić information content (AvgIpc) is 2.43. The van der Waals surface area contributed by atoms with E-state index in [0.717, 1.165) is 43.0 Å². The maximum atomic E-state index is 12.0. The summed E-state index contributed by atoms with van der Waals surface area (Å²) in [5, 5.41) is 3.14. The number of nitrogens with two attached hydrogens (primary N) is 1. The van der Waals surface area contributed by atoms with Gasteiger partial charge in [-0.05, 0) is 31.7 Å². The zero-order valence-corrected chi connectivity index (χ0v) is 11.5. The summed E-state index contributed by atoms with van der Waals surface area (Å²) in [5.74, 6) is 0.960. The van der Waals surface area contributed by atoms with Crippen LogP contribution in [0.15, 0.2) is 12.3 Å². The maximum absolute atomic E-state index is 12.0. The van der Waals surface area contributed by atoms with Gasteiger partial charge in [0.1, 0.15) is 5.82 Å². The number of amides is 1. The maximum Gasteiger partial charge on any atom is 0.224 e. The quantitative estimate of drug-likeness (QED) is 0.867. The zero-order chi connectivity index (χ0) is 13.7. The Morgan fingerprint density at radius 1 is 1.42 bits per heavy atom. The van der Waals surface area contributed by atoms with Crippen LogP contribution in [-0.4, -0.2) is 35.4 Å². The summed E-state index contributed by atoms with van der Waals surface area (Å²) < 4.78 is 0. The van der Waals surface area contributed by atoms with E-state index in [1.54, 1.807) is 12.3 Å². The van der Waals surface area contributed by atoms with Crippen LogP contribution in [0.2, 0.25) is 0 Å². The van der Waals surface area contributed by atoms with E-state index in [9.17, 15) is 4.79 Å². The number of hydrogen-bond donors (Lipinski definition) is 2. The molecule has 5 heteroatoms. The topological polar surface area (TPSA) is 71.2 Å². The molecule has 3 N–H and O–H groups in total. The average molecular weight is 262 g/mol. The van der Waals surface area contributed by atoms with Crippen molar-refractivity contribution in [3.63, 3.8) is 0 Å². The van der Waals surface area contributed by atoms with Crippen molar-refractivity contribution in [2.45, 2.75) is 32.6 Å². The molecule has 2 rings (SSSR count). The second kappa shape index (κ2) is 6.41. The number of hydrogen-bond acceptors (Lipinski definition) is 4. The number of anilines is 2. The smallest absolute Gasteiger partial charge is 0.224 e. The Morgan fingerprint density at radius 2 is 2.16 bits per heavy atom. The molecule has 1 amide bonds. The summed E-state index contributed by atoms with van der Waals surface area (Å²) >= 11 is 0. The fourth-order valence-electron chi connectivity index (χ4n) is 2.23. The van der Waals surface area contributed by atoms with Gasteiger partial charge in [-0.2, -0.15) is 0 Å². The molecule has 1 aromatic rings. The highest BCUT2D eigenvalue weighted by Gasteiger charge is 2.15. The van der Waals surface area contributed by atoms with Crippen LogP contribution in [0.25, 0.3) is 0 Å². The molecule has 1 aliphatic heterocycles. The first-order valence-electron chi connectivity index (χ1n) is 6.90. The molecule has 5 nitrogen and oxygen atoms in total. The van der Waals surface area contributed by atoms with Crippen molar-refractivity contribution < 1.29 is 4.79 Å². The number of nitrogens with one attached hydrogen (secondary N) is 1. The first kappa shape index (κ1) is 13.6. The standard InChI is InChI=1S/C14H22N4O/c1-11-10-17-13(9-12(11)15)16-6-5-14(19)18-7-3-2-4-8-18/h9-10H,2-8H2,1H3,(H3,15,16,17). The van der Waals surface area contributed by atoms with Gasteiger partial charge in [-0.3, -0.25) is 4.79 Å². The van der Waals surface area contributed by atoms with Gasteiger partial charge >= 0.3 is 0 Å². The van der Waals surface area contributed by atoms with Crippen LogP contribution < -0.4 is 11.1 Å². The lowest BCUT2D eigenvalue weighted by Crippen LogP contribution is -2.36. The Bertz CT molecular complexity index is 441. The second-order valence-electron chi connectivity index (χ2n) is 5.04. The van der Waals surface area contributed by atoms with Gasteiger partial charge in [-0.25, -0.2) is 4.98 Å². The number of piperidine rings is 1. The number of pyridine rings is 1. The van der Waals surface area contributed by atoms with Gasteiger partial charge in [0.15, 0.2) is 0 Å². The van der Waals surface area contributed by atoms with Crippen molar-refractivity contribution in [3.05, 3.63) is 17.8 Å². The molecule has 1 aliphatic rings. The summed E-state index contributed by atoms with van der Waals surface area (Å²) in [7, 11) is 0. The number of nitrogen functional groups attached to an aromatic ring is 1. The highest BCUT2D eigenvalue weighted by molar-refractivity contribution is 5.76. The molecule has 0 spiro atoms. The van der Waals surface area contributed by atoms with E-state index in [1.165, 1.54) is 6.42 Å². The third-order valence-corrected chi connectivity index (χ3v) is 3.50. The van der Waals surface area contributed by atoms with Crippen molar-refractivity contribution in [2.75, 3.05) is 30.7 Å². The molecule has 0 radical (unpaired) electrons. The van der Waals surface area contributed by atoms with Crippen molar-refractivity contribution in [3.8, 4) is 0 Å². The number of rotatable bonds is 4. The number of likely N-dealkylation sites (tertiary alicyclic amines) is 1. The molecule has 0 aliphatic carbocycles. The van der Waals surface area contributed by atoms with Crippen molar-refractivity contribution in [1.29, 1.82) is 0 Å². The van der Waals surface area contributed by atoms with Gasteiger partial charge in [0.2, 0.25) is 5.91 Å². The molecule has 104 valence electrons. The van der Waals surface area contributed by atoms with Gasteiger partial charge < -0.3 is 16.0 Å². The van der Waals surface area contributed by atoms with E-state index in [4.69, 9.17) is 5.73 Å². The van der Waals surface area contributed by atoms with Gasteiger partial charge in [0, 0.05) is 44.0 Å². The minimum Gasteiger partial charge on any atom is -0.398 e. The van der Waals surface area contributed by atoms with E-state index >= 15 is 0 Å². The molecule has 19 heavy (non-hydrogen) atoms. The zero-order valence-electron chi connectivity index (χ0n) is 11.5. The Kier molecular flexibility index (Phi) is 4.60. The third kappa shape index (κ3) is 3.84. The van der Waals surface area contributed by atoms with E-state index in [2.05, 4.69) is 10.3 Å². The molecular weight excluding hydrogens is 240 g/mol. The molecule has 1 fully saturated rings. The van der Waals surface area contributed by atoms with Gasteiger partial charge in [0.25, 0.3) is 0 Å². The fourth-order valence-corrected chi connectivity index (χ4v) is 2.23. The fraction of sp³-hybridized carbons (Fsp3) is 0.571. The molecule has 2 heterocycles. The van der Waals surface area contributed by atoms with Crippen LogP contribution in [0.5, 0.6) is 0 Å². The van der Waals surface area contributed by atoms with E-state index < -0.39 is 0 Å². The van der Waals surface area contributed by atoms with Crippen LogP contribution in [0.3, 0.4) is 0 Å². The van der Waals surface area contributed by atoms with Crippen molar-refractivity contribution >= 4 is 17.4 Å². The highest BCUT2D eigenvalue weighted by Crippen LogP contribution is 2.14. The van der Waals surface area contributed by atoms with Crippen LogP contribution in [-0.2, 0) is 4.79 Å². The van der Waals surface area contributed by atoms with Gasteiger partial charge in [-0.15, -0.1) is 0 Å². The number of aryl methyl sites for hydroxylation is 1. The first-order valence-corrected chi connectivity index (χ1v) is 6.90. The van der Waals surface area contributed by atoms with Crippen LogP contribution >= 0.6 is 0 Å². The molecule has 1 aromatic heterocycles. The van der Waals surface area contributed by atoms with Crippen molar-refractivity contribution in [2.24, 2.45) is 0 Å². The van der Waals surface area contributed by atoms with Crippen LogP contribution in [0, 0.1) is 6.92 Å². The first-order chi connectivity index (χ1) is 9.16. The largest absolute Gasteiger partial charge is 0.398 e. The molecule has 0 unspecified atom stereocenters. The number of carbonyl (C=O) groups excluding carboxylic acids is 1. The minimum absolute atomic E-state index is 0.229. The van der Waals surface area contributed by atoms with Gasteiger partial charge in [0.05, 0.1) is 0 Å². The highest BCUT2D eigenvalue weighted by atomic mass is 16.2. The Hall–Kier alpha value is -1.78. The molecule has 0 bridgehead atoms. The summed E-state index contributed by atoms with van der Waals surface area (Å²) in [6.07, 6.45) is 5.76. The second-order valence-corrected chi connectivity index (χ2v) is 5.04. The Morgan fingerprint density at radius 3 is 2.84 bits per heavy atom. The van der Waals surface area contributed by atoms with E-state index in [1.807, 2.05) is 11.8 Å². The number of aromatic nitrogens is 1. The SMILES string of the molecule is Cc1cnc(NCCC(=O)N2CCCCC2)cc1N. The summed E-state index contributed by atoms with van der Waals surface area (Å²) in [6, 6.07) is 1.81. The number of nitrogens with zero attached hydrogens (tertiary/aromatic N) is 2. The summed E-state index contributed by atoms with van der Waals surface area (Å²) in [6.45, 7) is 4.35. The molecule has 0 saturated carbocycles. The monoisotopic (exact) mass is 262 g/mol. The Balaban J connectivity index is 1.76. The molecule has 0 aromatic carbocycles. The van der Waals surface area contributed by atoms with E-state index in [-0.39, 0.29) is 5.91 Å².